The zero-order chi connectivity index (χ0) is 27.2. The molecule has 40 heavy (non-hydrogen) atoms. The van der Waals surface area contributed by atoms with E-state index in [4.69, 9.17) is 15.7 Å². The number of amides is 1. The highest BCUT2D eigenvalue weighted by atomic mass is 16.1. The fraction of sp³-hybridized carbons (Fsp3) is 0.138. The van der Waals surface area contributed by atoms with Crippen LogP contribution in [0.15, 0.2) is 79.4 Å². The molecule has 0 unspecified atom stereocenters. The lowest BCUT2D eigenvalue weighted by molar-refractivity contribution is 0.0935. The summed E-state index contributed by atoms with van der Waals surface area (Å²) < 4.78 is 1.99. The van der Waals surface area contributed by atoms with E-state index in [0.717, 1.165) is 29.7 Å². The summed E-state index contributed by atoms with van der Waals surface area (Å²) in [6, 6.07) is 17.2. The van der Waals surface area contributed by atoms with E-state index in [1.807, 2.05) is 41.8 Å². The highest BCUT2D eigenvalue weighted by Crippen LogP contribution is 2.36. The van der Waals surface area contributed by atoms with Gasteiger partial charge in [-0.3, -0.25) is 14.3 Å². The molecule has 5 aromatic heterocycles. The van der Waals surface area contributed by atoms with Crippen molar-refractivity contribution in [1.29, 1.82) is 0 Å². The predicted molar refractivity (Wildman–Crippen MR) is 149 cm³/mol. The molecule has 3 N–H and O–H groups in total. The highest BCUT2D eigenvalue weighted by molar-refractivity contribution is 5.95. The second kappa shape index (κ2) is 9.38. The minimum Gasteiger partial charge on any atom is -0.383 e. The Hall–Kier alpha value is -5.45. The average Bonchev–Trinajstić information content (AvgIpc) is 3.72. The number of rotatable bonds is 5. The molecule has 0 radical (unpaired) electrons. The summed E-state index contributed by atoms with van der Waals surface area (Å²) in [7, 11) is 0. The van der Waals surface area contributed by atoms with E-state index >= 15 is 0 Å². The van der Waals surface area contributed by atoms with E-state index in [0.29, 0.717) is 45.4 Å². The summed E-state index contributed by atoms with van der Waals surface area (Å²) in [5.41, 5.74) is 12.8. The molecule has 1 atom stereocenters. The van der Waals surface area contributed by atoms with Crippen LogP contribution in [0.3, 0.4) is 0 Å². The second-order valence-electron chi connectivity index (χ2n) is 9.62. The van der Waals surface area contributed by atoms with Crippen molar-refractivity contribution in [2.24, 2.45) is 0 Å². The first-order valence-corrected chi connectivity index (χ1v) is 12.9. The minimum atomic E-state index is -0.119. The first-order chi connectivity index (χ1) is 19.6. The first kappa shape index (κ1) is 23.7. The quantitative estimate of drug-likeness (QED) is 0.344. The van der Waals surface area contributed by atoms with Crippen LogP contribution in [0.1, 0.15) is 39.6 Å². The Balaban J connectivity index is 1.32. The van der Waals surface area contributed by atoms with Gasteiger partial charge in [-0.2, -0.15) is 10.2 Å². The summed E-state index contributed by atoms with van der Waals surface area (Å²) in [5, 5.41) is 11.6. The molecular formula is C29H24N10O. The van der Waals surface area contributed by atoms with Crippen LogP contribution in [0.4, 0.5) is 5.82 Å². The van der Waals surface area contributed by atoms with Crippen LogP contribution in [0.2, 0.25) is 0 Å². The van der Waals surface area contributed by atoms with Crippen molar-refractivity contribution in [3.63, 3.8) is 0 Å². The third-order valence-electron chi connectivity index (χ3n) is 7.21. The fourth-order valence-electron chi connectivity index (χ4n) is 5.28. The molecular weight excluding hydrogens is 504 g/mol. The monoisotopic (exact) mass is 528 g/mol. The number of nitrogen functional groups attached to an aromatic ring is 1. The van der Waals surface area contributed by atoms with Crippen LogP contribution in [-0.4, -0.2) is 45.4 Å². The SMILES string of the molecule is Cc1ncccc1C(=O)N[C@H]1CCc2cc(-n3c(-c4cccnc4N)nc4ccc(-n5nccn5)nc43)ccc21. The Morgan fingerprint density at radius 2 is 1.80 bits per heavy atom. The van der Waals surface area contributed by atoms with E-state index in [9.17, 15) is 4.79 Å². The van der Waals surface area contributed by atoms with Crippen molar-refractivity contribution in [3.05, 3.63) is 102 Å². The van der Waals surface area contributed by atoms with Crippen LogP contribution in [0.5, 0.6) is 0 Å². The normalized spacial score (nSPS) is 14.4. The van der Waals surface area contributed by atoms with Crippen molar-refractivity contribution >= 4 is 22.9 Å². The number of nitrogens with one attached hydrogen (secondary N) is 1. The van der Waals surface area contributed by atoms with E-state index in [1.165, 1.54) is 4.80 Å². The number of aryl methyl sites for hydroxylation is 2. The molecule has 11 heteroatoms. The number of pyridine rings is 3. The molecule has 0 bridgehead atoms. The lowest BCUT2D eigenvalue weighted by Gasteiger charge is -2.16. The topological polar surface area (TPSA) is 142 Å². The van der Waals surface area contributed by atoms with Crippen LogP contribution in [0, 0.1) is 6.92 Å². The molecule has 196 valence electrons. The molecule has 1 aliphatic rings. The van der Waals surface area contributed by atoms with Gasteiger partial charge in [0, 0.05) is 23.8 Å². The third kappa shape index (κ3) is 3.95. The maximum absolute atomic E-state index is 13.0. The molecule has 0 aliphatic heterocycles. The van der Waals surface area contributed by atoms with Gasteiger partial charge >= 0.3 is 0 Å². The molecule has 5 heterocycles. The largest absolute Gasteiger partial charge is 0.383 e. The smallest absolute Gasteiger partial charge is 0.253 e. The summed E-state index contributed by atoms with van der Waals surface area (Å²) >= 11 is 0. The first-order valence-electron chi connectivity index (χ1n) is 12.9. The lowest BCUT2D eigenvalue weighted by Crippen LogP contribution is -2.27. The van der Waals surface area contributed by atoms with Crippen LogP contribution >= 0.6 is 0 Å². The number of hydrogen-bond acceptors (Lipinski definition) is 8. The van der Waals surface area contributed by atoms with Crippen molar-refractivity contribution < 1.29 is 4.79 Å². The van der Waals surface area contributed by atoms with Crippen LogP contribution < -0.4 is 11.1 Å². The van der Waals surface area contributed by atoms with Gasteiger partial charge in [-0.25, -0.2) is 15.0 Å². The lowest BCUT2D eigenvalue weighted by atomic mass is 10.1. The van der Waals surface area contributed by atoms with E-state index in [-0.39, 0.29) is 11.9 Å². The van der Waals surface area contributed by atoms with Gasteiger partial charge in [-0.1, -0.05) is 6.07 Å². The van der Waals surface area contributed by atoms with Gasteiger partial charge in [-0.05, 0) is 79.4 Å². The molecule has 0 saturated heterocycles. The number of carbonyl (C=O) groups excluding carboxylic acids is 1. The number of imidazole rings is 1. The Labute approximate surface area is 228 Å². The number of nitrogens with two attached hydrogens (primary N) is 1. The van der Waals surface area contributed by atoms with Crippen LogP contribution in [-0.2, 0) is 6.42 Å². The van der Waals surface area contributed by atoms with Crippen molar-refractivity contribution in [2.75, 3.05) is 5.73 Å². The molecule has 6 aromatic rings. The summed E-state index contributed by atoms with van der Waals surface area (Å²) in [6.45, 7) is 1.84. The third-order valence-corrected chi connectivity index (χ3v) is 7.21. The van der Waals surface area contributed by atoms with Gasteiger partial charge in [0.25, 0.3) is 5.91 Å². The maximum atomic E-state index is 13.0. The number of hydrogen-bond donors (Lipinski definition) is 2. The Kier molecular flexibility index (Phi) is 5.55. The van der Waals surface area contributed by atoms with Gasteiger partial charge < -0.3 is 11.1 Å². The van der Waals surface area contributed by atoms with Gasteiger partial charge in [0.05, 0.1) is 29.6 Å². The number of benzene rings is 1. The summed E-state index contributed by atoms with van der Waals surface area (Å²) in [4.78, 5) is 32.8. The number of anilines is 1. The molecule has 1 aliphatic carbocycles. The molecule has 7 rings (SSSR count). The number of aromatic nitrogens is 8. The minimum absolute atomic E-state index is 0.0836. The van der Waals surface area contributed by atoms with Gasteiger partial charge in [0.15, 0.2) is 17.3 Å². The van der Waals surface area contributed by atoms with E-state index in [2.05, 4.69) is 37.6 Å². The van der Waals surface area contributed by atoms with E-state index in [1.54, 1.807) is 36.9 Å². The Bertz CT molecular complexity index is 1890. The molecule has 1 amide bonds. The second-order valence-corrected chi connectivity index (χ2v) is 9.62. The van der Waals surface area contributed by atoms with Crippen molar-refractivity contribution in [3.8, 4) is 22.9 Å². The number of carbonyl (C=O) groups is 1. The molecule has 0 saturated carbocycles. The zero-order valence-electron chi connectivity index (χ0n) is 21.6. The Morgan fingerprint density at radius 3 is 2.62 bits per heavy atom. The number of nitrogens with zero attached hydrogens (tertiary/aromatic N) is 8. The maximum Gasteiger partial charge on any atom is 0.253 e. The highest BCUT2D eigenvalue weighted by Gasteiger charge is 2.27. The molecule has 11 nitrogen and oxygen atoms in total. The summed E-state index contributed by atoms with van der Waals surface area (Å²) in [5.74, 6) is 1.46. The van der Waals surface area contributed by atoms with Gasteiger partial charge in [-0.15, -0.1) is 4.80 Å². The van der Waals surface area contributed by atoms with Crippen molar-refractivity contribution in [1.82, 2.24) is 44.8 Å². The molecule has 0 spiro atoms. The molecule has 0 fully saturated rings. The summed E-state index contributed by atoms with van der Waals surface area (Å²) in [6.07, 6.45) is 8.20. The van der Waals surface area contributed by atoms with Gasteiger partial charge in [0.1, 0.15) is 11.3 Å². The molecule has 1 aromatic carbocycles. The predicted octanol–water partition coefficient (Wildman–Crippen LogP) is 3.77. The van der Waals surface area contributed by atoms with Crippen LogP contribution in [0.25, 0.3) is 34.1 Å². The van der Waals surface area contributed by atoms with Gasteiger partial charge in [0.2, 0.25) is 0 Å². The average molecular weight is 529 g/mol. The Morgan fingerprint density at radius 1 is 0.975 bits per heavy atom. The fourth-order valence-corrected chi connectivity index (χ4v) is 5.28. The number of fused-ring (bicyclic) bond motifs is 2. The zero-order valence-corrected chi connectivity index (χ0v) is 21.6. The van der Waals surface area contributed by atoms with Crippen molar-refractivity contribution in [2.45, 2.75) is 25.8 Å². The van der Waals surface area contributed by atoms with E-state index < -0.39 is 0 Å². The standard InChI is InChI=1S/C29H24N10O/c1-17-20(4-2-12-31-17)29(40)36-23-9-6-18-16-19(7-8-21(18)23)38-27(22-5-3-13-32-26(22)30)35-24-10-11-25(37-28(24)38)39-33-14-15-34-39/h2-5,7-8,10-16,23H,6,9H2,1H3,(H2,30,32)(H,36,40)/t23-/m0/s1.